The van der Waals surface area contributed by atoms with Crippen LogP contribution < -0.4 is 10.1 Å². The minimum absolute atomic E-state index is 0.0459. The zero-order chi connectivity index (χ0) is 23.0. The number of nitrogens with zero attached hydrogens (tertiary/aromatic N) is 2. The largest absolute Gasteiger partial charge is 0.481 e. The molecule has 2 unspecified atom stereocenters. The summed E-state index contributed by atoms with van der Waals surface area (Å²) in [5, 5.41) is 2.09. The molecule has 1 aromatic heterocycles. The quantitative estimate of drug-likeness (QED) is 0.644. The van der Waals surface area contributed by atoms with Crippen LogP contribution in [0.15, 0.2) is 47.6 Å². The summed E-state index contributed by atoms with van der Waals surface area (Å²) in [4.78, 5) is 20.4. The minimum atomic E-state index is -4.60. The second kappa shape index (κ2) is 8.10. The number of aliphatic imine (C=N–C) groups is 1. The number of thioether (sulfide) groups is 1. The molecule has 0 bridgehead atoms. The van der Waals surface area contributed by atoms with Crippen LogP contribution >= 0.6 is 11.8 Å². The Morgan fingerprint density at radius 2 is 1.87 bits per heavy atom. The number of nitrogens with one attached hydrogen (secondary N) is 1. The third kappa shape index (κ3) is 4.23. The van der Waals surface area contributed by atoms with Crippen LogP contribution in [-0.2, 0) is 16.9 Å². The Labute approximate surface area is 179 Å². The molecule has 3 rings (SSSR count). The van der Waals surface area contributed by atoms with Crippen molar-refractivity contribution in [2.24, 2.45) is 4.99 Å². The number of amides is 1. The van der Waals surface area contributed by atoms with E-state index >= 15 is 8.78 Å². The van der Waals surface area contributed by atoms with Crippen LogP contribution in [-0.4, -0.2) is 27.9 Å². The van der Waals surface area contributed by atoms with Crippen LogP contribution in [0.5, 0.6) is 5.88 Å². The Kier molecular flexibility index (Phi) is 6.01. The fraction of sp³-hybridized carbons (Fsp3) is 0.350. The van der Waals surface area contributed by atoms with Crippen molar-refractivity contribution in [1.82, 2.24) is 10.3 Å². The highest BCUT2D eigenvalue weighted by Gasteiger charge is 2.61. The number of methoxy groups -OCH3 is 1. The number of carbonyl (C=O) groups excluding carboxylic acids is 1. The summed E-state index contributed by atoms with van der Waals surface area (Å²) in [5.74, 6) is -4.70. The van der Waals surface area contributed by atoms with Gasteiger partial charge < -0.3 is 10.1 Å². The average molecular weight is 459 g/mol. The van der Waals surface area contributed by atoms with Gasteiger partial charge in [0.15, 0.2) is 9.91 Å². The van der Waals surface area contributed by atoms with E-state index in [4.69, 9.17) is 4.74 Å². The van der Waals surface area contributed by atoms with Gasteiger partial charge in [-0.1, -0.05) is 30.0 Å². The molecule has 2 atom stereocenters. The zero-order valence-corrected chi connectivity index (χ0v) is 17.4. The molecule has 1 aliphatic rings. The third-order valence-electron chi connectivity index (χ3n) is 4.89. The maximum atomic E-state index is 15.3. The van der Waals surface area contributed by atoms with Crippen LogP contribution in [0.25, 0.3) is 0 Å². The molecular formula is C20H18F5N3O2S. The molecule has 2 heterocycles. The minimum Gasteiger partial charge on any atom is -0.481 e. The van der Waals surface area contributed by atoms with Gasteiger partial charge in [0.05, 0.1) is 18.7 Å². The number of amidine groups is 1. The van der Waals surface area contributed by atoms with Crippen LogP contribution in [0.4, 0.5) is 22.0 Å². The van der Waals surface area contributed by atoms with Gasteiger partial charge in [-0.05, 0) is 31.5 Å². The number of hydrogen-bond acceptors (Lipinski definition) is 5. The van der Waals surface area contributed by atoms with Crippen molar-refractivity contribution in [1.29, 1.82) is 0 Å². The maximum Gasteiger partial charge on any atom is 0.416 e. The van der Waals surface area contributed by atoms with E-state index in [9.17, 15) is 18.0 Å². The van der Waals surface area contributed by atoms with Gasteiger partial charge in [0.25, 0.3) is 5.92 Å². The van der Waals surface area contributed by atoms with Crippen molar-refractivity contribution in [2.45, 2.75) is 36.7 Å². The lowest BCUT2D eigenvalue weighted by molar-refractivity contribution is -0.138. The zero-order valence-electron chi connectivity index (χ0n) is 16.6. The van der Waals surface area contributed by atoms with Gasteiger partial charge in [-0.3, -0.25) is 9.79 Å². The van der Waals surface area contributed by atoms with E-state index in [1.54, 1.807) is 0 Å². The molecule has 1 aromatic carbocycles. The molecule has 1 N–H and O–H groups in total. The summed E-state index contributed by atoms with van der Waals surface area (Å²) in [6.45, 7) is 2.45. The number of ether oxygens (including phenoxy) is 1. The summed E-state index contributed by atoms with van der Waals surface area (Å²) >= 11 is 0.470. The topological polar surface area (TPSA) is 63.6 Å². The summed E-state index contributed by atoms with van der Waals surface area (Å²) in [6, 6.07) is 5.92. The predicted molar refractivity (Wildman–Crippen MR) is 106 cm³/mol. The lowest BCUT2D eigenvalue weighted by Gasteiger charge is -2.30. The van der Waals surface area contributed by atoms with E-state index in [2.05, 4.69) is 15.3 Å². The summed E-state index contributed by atoms with van der Waals surface area (Å²) in [5.41, 5.74) is -1.49. The van der Waals surface area contributed by atoms with Crippen molar-refractivity contribution in [2.75, 3.05) is 7.11 Å². The van der Waals surface area contributed by atoms with Gasteiger partial charge in [-0.25, -0.2) is 4.98 Å². The summed E-state index contributed by atoms with van der Waals surface area (Å²) < 4.78 is 73.0. The third-order valence-corrected chi connectivity index (χ3v) is 6.14. The van der Waals surface area contributed by atoms with E-state index in [0.29, 0.717) is 11.8 Å². The first-order valence-corrected chi connectivity index (χ1v) is 9.84. The maximum absolute atomic E-state index is 15.3. The van der Waals surface area contributed by atoms with E-state index in [1.807, 2.05) is 0 Å². The van der Waals surface area contributed by atoms with Gasteiger partial charge in [-0.15, -0.1) is 0 Å². The molecule has 1 amide bonds. The predicted octanol–water partition coefficient (Wildman–Crippen LogP) is 4.94. The highest BCUT2D eigenvalue weighted by Crippen LogP contribution is 2.50. The number of hydrogen-bond donors (Lipinski definition) is 1. The smallest absolute Gasteiger partial charge is 0.416 e. The lowest BCUT2D eigenvalue weighted by Crippen LogP contribution is -2.47. The highest BCUT2D eigenvalue weighted by atomic mass is 32.2. The van der Waals surface area contributed by atoms with Crippen molar-refractivity contribution >= 4 is 22.8 Å². The van der Waals surface area contributed by atoms with Crippen molar-refractivity contribution in [3.05, 3.63) is 59.3 Å². The van der Waals surface area contributed by atoms with Gasteiger partial charge in [0.2, 0.25) is 11.8 Å². The normalized spacial score (nSPS) is 21.8. The number of rotatable bonds is 5. The first-order chi connectivity index (χ1) is 14.4. The standard InChI is InChI=1S/C20H18F5N3O2S/c1-11(13-6-4-5-7-14(13)20(23,24)25)27-17-28-16(29)18(2,31-17)19(21,22)12-8-9-26-15(10-12)30-3/h4-11H,1-3H3,(H,27,28,29). The van der Waals surface area contributed by atoms with Crippen molar-refractivity contribution in [3.63, 3.8) is 0 Å². The van der Waals surface area contributed by atoms with Crippen LogP contribution in [0.2, 0.25) is 0 Å². The second-order valence-corrected chi connectivity index (χ2v) is 8.35. The molecule has 0 spiro atoms. The van der Waals surface area contributed by atoms with E-state index in [-0.39, 0.29) is 16.6 Å². The number of pyridine rings is 1. The van der Waals surface area contributed by atoms with Crippen molar-refractivity contribution in [3.8, 4) is 5.88 Å². The molecule has 166 valence electrons. The first-order valence-electron chi connectivity index (χ1n) is 9.03. The Morgan fingerprint density at radius 1 is 1.19 bits per heavy atom. The van der Waals surface area contributed by atoms with E-state index in [0.717, 1.165) is 31.3 Å². The molecule has 0 radical (unpaired) electrons. The SMILES string of the molecule is COc1cc(C(F)(F)C2(C)SC(=NC(C)c3ccccc3C(F)(F)F)NC2=O)ccn1. The number of carbonyl (C=O) groups is 1. The Hall–Kier alpha value is -2.69. The highest BCUT2D eigenvalue weighted by molar-refractivity contribution is 8.16. The molecule has 1 aliphatic heterocycles. The van der Waals surface area contributed by atoms with Crippen LogP contribution in [0.1, 0.15) is 36.6 Å². The lowest BCUT2D eigenvalue weighted by atomic mass is 9.95. The number of alkyl halides is 5. The van der Waals surface area contributed by atoms with E-state index in [1.165, 1.54) is 32.2 Å². The van der Waals surface area contributed by atoms with Gasteiger partial charge in [0, 0.05) is 17.8 Å². The van der Waals surface area contributed by atoms with E-state index < -0.39 is 39.9 Å². The molecule has 1 fully saturated rings. The molecule has 0 aliphatic carbocycles. The molecule has 11 heteroatoms. The molecule has 0 saturated carbocycles. The Morgan fingerprint density at radius 3 is 2.52 bits per heavy atom. The number of benzene rings is 1. The van der Waals surface area contributed by atoms with Crippen LogP contribution in [0.3, 0.4) is 0 Å². The van der Waals surface area contributed by atoms with Gasteiger partial charge in [0.1, 0.15) is 0 Å². The number of aromatic nitrogens is 1. The molecule has 5 nitrogen and oxygen atoms in total. The summed E-state index contributed by atoms with van der Waals surface area (Å²) in [7, 11) is 1.27. The second-order valence-electron chi connectivity index (χ2n) is 6.95. The fourth-order valence-electron chi connectivity index (χ4n) is 3.10. The fourth-order valence-corrected chi connectivity index (χ4v) is 4.23. The Bertz CT molecular complexity index is 1030. The average Bonchev–Trinajstić information content (AvgIpc) is 3.02. The molecule has 31 heavy (non-hydrogen) atoms. The van der Waals surface area contributed by atoms with Crippen LogP contribution in [0, 0.1) is 0 Å². The van der Waals surface area contributed by atoms with Gasteiger partial charge >= 0.3 is 6.18 Å². The monoisotopic (exact) mass is 459 g/mol. The Balaban J connectivity index is 1.93. The molecule has 2 aromatic rings. The molecular weight excluding hydrogens is 441 g/mol. The molecule has 1 saturated heterocycles. The first kappa shape index (κ1) is 23.0. The van der Waals surface area contributed by atoms with Crippen molar-refractivity contribution < 1.29 is 31.5 Å². The van der Waals surface area contributed by atoms with Gasteiger partial charge in [-0.2, -0.15) is 22.0 Å². The number of halogens is 5. The summed E-state index contributed by atoms with van der Waals surface area (Å²) in [6.07, 6.45) is -3.47.